The molecule has 0 unspecified atom stereocenters. The van der Waals surface area contributed by atoms with Gasteiger partial charge in [-0.1, -0.05) is 11.6 Å². The van der Waals surface area contributed by atoms with Gasteiger partial charge >= 0.3 is 0 Å². The smallest absolute Gasteiger partial charge is 0.256 e. The van der Waals surface area contributed by atoms with Gasteiger partial charge < -0.3 is 10.1 Å². The Morgan fingerprint density at radius 2 is 2.05 bits per heavy atom. The van der Waals surface area contributed by atoms with E-state index in [4.69, 9.17) is 16.3 Å². The highest BCUT2D eigenvalue weighted by Crippen LogP contribution is 2.27. The van der Waals surface area contributed by atoms with Gasteiger partial charge in [0.25, 0.3) is 5.91 Å². The van der Waals surface area contributed by atoms with E-state index in [9.17, 15) is 9.18 Å². The van der Waals surface area contributed by atoms with E-state index < -0.39 is 0 Å². The topological polar surface area (TPSA) is 38.3 Å². The molecular formula is C14H10ClFINO2. The second-order valence-corrected chi connectivity index (χ2v) is 5.50. The van der Waals surface area contributed by atoms with Crippen LogP contribution in [0.2, 0.25) is 5.02 Å². The summed E-state index contributed by atoms with van der Waals surface area (Å²) in [5.74, 6) is -0.226. The van der Waals surface area contributed by atoms with Gasteiger partial charge in [0.1, 0.15) is 11.6 Å². The van der Waals surface area contributed by atoms with Crippen LogP contribution in [0.1, 0.15) is 10.4 Å². The van der Waals surface area contributed by atoms with Crippen molar-refractivity contribution in [3.8, 4) is 5.75 Å². The molecule has 2 aromatic carbocycles. The van der Waals surface area contributed by atoms with Crippen molar-refractivity contribution in [3.63, 3.8) is 0 Å². The van der Waals surface area contributed by atoms with E-state index in [2.05, 4.69) is 5.32 Å². The number of ether oxygens (including phenoxy) is 1. The average molecular weight is 406 g/mol. The maximum absolute atomic E-state index is 13.0. The monoisotopic (exact) mass is 405 g/mol. The molecule has 3 nitrogen and oxygen atoms in total. The van der Waals surface area contributed by atoms with Gasteiger partial charge in [-0.2, -0.15) is 0 Å². The summed E-state index contributed by atoms with van der Waals surface area (Å²) in [7, 11) is 1.50. The van der Waals surface area contributed by atoms with Gasteiger partial charge in [0.15, 0.2) is 0 Å². The highest BCUT2D eigenvalue weighted by molar-refractivity contribution is 14.1. The SMILES string of the molecule is COc1cc(NC(=O)c2ccc(F)cc2I)ccc1Cl. The third-order valence-electron chi connectivity index (χ3n) is 2.58. The van der Waals surface area contributed by atoms with Crippen molar-refractivity contribution in [2.24, 2.45) is 0 Å². The zero-order valence-electron chi connectivity index (χ0n) is 10.4. The van der Waals surface area contributed by atoms with Crippen LogP contribution in [0.3, 0.4) is 0 Å². The molecule has 1 amide bonds. The number of hydrogen-bond donors (Lipinski definition) is 1. The van der Waals surface area contributed by atoms with Crippen LogP contribution in [0, 0.1) is 9.39 Å². The molecule has 1 N–H and O–H groups in total. The van der Waals surface area contributed by atoms with E-state index in [-0.39, 0.29) is 11.7 Å². The van der Waals surface area contributed by atoms with Crippen LogP contribution in [-0.4, -0.2) is 13.0 Å². The summed E-state index contributed by atoms with van der Waals surface area (Å²) >= 11 is 7.83. The predicted molar refractivity (Wildman–Crippen MR) is 85.1 cm³/mol. The lowest BCUT2D eigenvalue weighted by atomic mass is 10.2. The summed E-state index contributed by atoms with van der Waals surface area (Å²) in [6.45, 7) is 0. The summed E-state index contributed by atoms with van der Waals surface area (Å²) < 4.78 is 18.6. The Bertz CT molecular complexity index is 664. The van der Waals surface area contributed by atoms with E-state index >= 15 is 0 Å². The molecule has 0 radical (unpaired) electrons. The van der Waals surface area contributed by atoms with E-state index in [0.29, 0.717) is 25.6 Å². The fraction of sp³-hybridized carbons (Fsp3) is 0.0714. The lowest BCUT2D eigenvalue weighted by molar-refractivity contribution is 0.102. The quantitative estimate of drug-likeness (QED) is 0.771. The molecule has 0 aliphatic heterocycles. The van der Waals surface area contributed by atoms with Gasteiger partial charge in [0, 0.05) is 15.3 Å². The van der Waals surface area contributed by atoms with Crippen LogP contribution in [0.25, 0.3) is 0 Å². The summed E-state index contributed by atoms with van der Waals surface area (Å²) in [6, 6.07) is 8.92. The van der Waals surface area contributed by atoms with Crippen molar-refractivity contribution >= 4 is 45.8 Å². The van der Waals surface area contributed by atoms with Gasteiger partial charge in [0.2, 0.25) is 0 Å². The summed E-state index contributed by atoms with van der Waals surface area (Å²) in [6.07, 6.45) is 0. The zero-order valence-corrected chi connectivity index (χ0v) is 13.3. The molecule has 0 heterocycles. The Balaban J connectivity index is 2.23. The van der Waals surface area contributed by atoms with E-state index in [0.717, 1.165) is 0 Å². The minimum Gasteiger partial charge on any atom is -0.495 e. The number of anilines is 1. The number of nitrogens with one attached hydrogen (secondary N) is 1. The molecule has 0 spiro atoms. The van der Waals surface area contributed by atoms with Crippen molar-refractivity contribution in [1.82, 2.24) is 0 Å². The first kappa shape index (κ1) is 15.1. The summed E-state index contributed by atoms with van der Waals surface area (Å²) in [5, 5.41) is 3.18. The number of carbonyl (C=O) groups excluding carboxylic acids is 1. The second kappa shape index (κ2) is 6.41. The molecule has 0 aliphatic carbocycles. The van der Waals surface area contributed by atoms with Gasteiger partial charge in [-0.25, -0.2) is 4.39 Å². The molecular weight excluding hydrogens is 396 g/mol. The van der Waals surface area contributed by atoms with Crippen molar-refractivity contribution in [2.45, 2.75) is 0 Å². The maximum Gasteiger partial charge on any atom is 0.256 e. The minimum atomic E-state index is -0.376. The van der Waals surface area contributed by atoms with Gasteiger partial charge in [0.05, 0.1) is 17.7 Å². The Labute approximate surface area is 134 Å². The van der Waals surface area contributed by atoms with Crippen LogP contribution >= 0.6 is 34.2 Å². The van der Waals surface area contributed by atoms with E-state index in [1.54, 1.807) is 18.2 Å². The molecule has 0 fully saturated rings. The molecule has 0 saturated carbocycles. The number of methoxy groups -OCH3 is 1. The minimum absolute atomic E-state index is 0.321. The van der Waals surface area contributed by atoms with Crippen LogP contribution in [0.4, 0.5) is 10.1 Å². The van der Waals surface area contributed by atoms with Crippen molar-refractivity contribution < 1.29 is 13.9 Å². The third-order valence-corrected chi connectivity index (χ3v) is 3.79. The fourth-order valence-corrected chi connectivity index (χ4v) is 2.53. The Morgan fingerprint density at radius 1 is 1.30 bits per heavy atom. The summed E-state index contributed by atoms with van der Waals surface area (Å²) in [5.41, 5.74) is 0.956. The van der Waals surface area contributed by atoms with Crippen LogP contribution < -0.4 is 10.1 Å². The van der Waals surface area contributed by atoms with E-state index in [1.165, 1.54) is 25.3 Å². The van der Waals surface area contributed by atoms with Gasteiger partial charge in [-0.3, -0.25) is 4.79 Å². The third kappa shape index (κ3) is 3.40. The first-order valence-electron chi connectivity index (χ1n) is 5.61. The highest BCUT2D eigenvalue weighted by Gasteiger charge is 2.12. The molecule has 0 bridgehead atoms. The van der Waals surface area contributed by atoms with Crippen molar-refractivity contribution in [2.75, 3.05) is 12.4 Å². The molecule has 0 aromatic heterocycles. The largest absolute Gasteiger partial charge is 0.495 e. The Hall–Kier alpha value is -1.34. The number of amides is 1. The number of hydrogen-bond acceptors (Lipinski definition) is 2. The first-order valence-corrected chi connectivity index (χ1v) is 7.07. The Kier molecular flexibility index (Phi) is 4.82. The molecule has 0 aliphatic rings. The number of rotatable bonds is 3. The zero-order chi connectivity index (χ0) is 14.7. The molecule has 0 saturated heterocycles. The van der Waals surface area contributed by atoms with Crippen molar-refractivity contribution in [1.29, 1.82) is 0 Å². The number of carbonyl (C=O) groups is 1. The average Bonchev–Trinajstić information content (AvgIpc) is 2.40. The predicted octanol–water partition coefficient (Wildman–Crippen LogP) is 4.34. The van der Waals surface area contributed by atoms with Gasteiger partial charge in [-0.05, 0) is 52.9 Å². The Morgan fingerprint density at radius 3 is 2.70 bits per heavy atom. The van der Waals surface area contributed by atoms with Gasteiger partial charge in [-0.15, -0.1) is 0 Å². The molecule has 6 heteroatoms. The fourth-order valence-electron chi connectivity index (χ4n) is 1.61. The van der Waals surface area contributed by atoms with Crippen LogP contribution in [-0.2, 0) is 0 Å². The number of halogens is 3. The molecule has 20 heavy (non-hydrogen) atoms. The normalized spacial score (nSPS) is 10.2. The maximum atomic E-state index is 13.0. The van der Waals surface area contributed by atoms with E-state index in [1.807, 2.05) is 22.6 Å². The molecule has 2 aromatic rings. The first-order chi connectivity index (χ1) is 9.51. The standard InChI is InChI=1S/C14H10ClFINO2/c1-20-13-7-9(3-5-11(13)15)18-14(19)10-4-2-8(16)6-12(10)17/h2-7H,1H3,(H,18,19). The molecule has 104 valence electrons. The lowest BCUT2D eigenvalue weighted by Crippen LogP contribution is -2.13. The second-order valence-electron chi connectivity index (χ2n) is 3.93. The molecule has 0 atom stereocenters. The van der Waals surface area contributed by atoms with Crippen LogP contribution in [0.5, 0.6) is 5.75 Å². The number of benzene rings is 2. The van der Waals surface area contributed by atoms with Crippen molar-refractivity contribution in [3.05, 3.63) is 56.4 Å². The lowest BCUT2D eigenvalue weighted by Gasteiger charge is -2.09. The van der Waals surface area contributed by atoms with Crippen LogP contribution in [0.15, 0.2) is 36.4 Å². The highest BCUT2D eigenvalue weighted by atomic mass is 127. The summed E-state index contributed by atoms with van der Waals surface area (Å²) in [4.78, 5) is 12.1. The molecule has 2 rings (SSSR count).